The summed E-state index contributed by atoms with van der Waals surface area (Å²) in [7, 11) is 1.69. The van der Waals surface area contributed by atoms with Gasteiger partial charge >= 0.3 is 0 Å². The summed E-state index contributed by atoms with van der Waals surface area (Å²) in [5, 5.41) is 2.88. The van der Waals surface area contributed by atoms with Gasteiger partial charge in [0.15, 0.2) is 0 Å². The Balaban J connectivity index is 1.40. The van der Waals surface area contributed by atoms with Crippen LogP contribution in [-0.4, -0.2) is 39.3 Å². The molecule has 0 atom stereocenters. The van der Waals surface area contributed by atoms with Gasteiger partial charge < -0.3 is 15.2 Å². The van der Waals surface area contributed by atoms with Gasteiger partial charge in [-0.1, -0.05) is 24.3 Å². The molecule has 0 saturated carbocycles. The lowest BCUT2D eigenvalue weighted by Gasteiger charge is -2.17. The molecule has 0 aliphatic carbocycles. The average Bonchev–Trinajstić information content (AvgIpc) is 3.59. The Morgan fingerprint density at radius 3 is 2.55 bits per heavy atom. The van der Waals surface area contributed by atoms with Gasteiger partial charge in [0.1, 0.15) is 0 Å². The minimum atomic E-state index is -0.466. The van der Waals surface area contributed by atoms with Crippen LogP contribution in [0.4, 0.5) is 11.6 Å². The minimum Gasteiger partial charge on any atom is -0.370 e. The van der Waals surface area contributed by atoms with E-state index in [1.807, 2.05) is 60.7 Å². The number of nitrogens with one attached hydrogen (secondary N) is 1. The number of nitrogens with two attached hydrogens (primary N) is 1. The number of aryl methyl sites for hydroxylation is 1. The van der Waals surface area contributed by atoms with Crippen LogP contribution < -0.4 is 16.0 Å². The van der Waals surface area contributed by atoms with Gasteiger partial charge in [-0.2, -0.15) is 0 Å². The van der Waals surface area contributed by atoms with Crippen LogP contribution in [0.25, 0.3) is 23.2 Å². The number of benzene rings is 2. The number of thiophene rings is 1. The molecule has 0 unspecified atom stereocenters. The zero-order valence-corrected chi connectivity index (χ0v) is 22.5. The Morgan fingerprint density at radius 1 is 1.00 bits per heavy atom. The first kappa shape index (κ1) is 26.5. The van der Waals surface area contributed by atoms with Gasteiger partial charge in [-0.15, -0.1) is 11.3 Å². The van der Waals surface area contributed by atoms with E-state index in [0.29, 0.717) is 27.2 Å². The number of rotatable bonds is 9. The molecule has 5 aromatic rings. The molecule has 40 heavy (non-hydrogen) atoms. The third-order valence-electron chi connectivity index (χ3n) is 6.21. The Hall–Kier alpha value is -5.09. The lowest BCUT2D eigenvalue weighted by atomic mass is 10.2. The highest BCUT2D eigenvalue weighted by molar-refractivity contribution is 7.15. The molecule has 200 valence electrons. The molecule has 0 fully saturated rings. The molecule has 3 amide bonds. The first-order valence-corrected chi connectivity index (χ1v) is 13.3. The first-order valence-electron chi connectivity index (χ1n) is 12.5. The zero-order chi connectivity index (χ0) is 28.1. The number of carbonyl (C=O) groups is 3. The van der Waals surface area contributed by atoms with Crippen molar-refractivity contribution < 1.29 is 14.4 Å². The first-order chi connectivity index (χ1) is 19.4. The molecule has 9 nitrogen and oxygen atoms in total. The number of hydrogen-bond acceptors (Lipinski definition) is 6. The molecule has 2 aromatic carbocycles. The molecular formula is C30H26N6O3S. The van der Waals surface area contributed by atoms with Crippen LogP contribution in [0.2, 0.25) is 0 Å². The lowest BCUT2D eigenvalue weighted by Crippen LogP contribution is -2.26. The molecule has 0 aliphatic heterocycles. The molecule has 5 rings (SSSR count). The van der Waals surface area contributed by atoms with Gasteiger partial charge in [-0.3, -0.25) is 24.7 Å². The highest BCUT2D eigenvalue weighted by Crippen LogP contribution is 2.27. The number of aromatic nitrogens is 3. The number of primary amides is 1. The number of anilines is 2. The maximum atomic E-state index is 13.2. The summed E-state index contributed by atoms with van der Waals surface area (Å²) in [5.74, 6) is -0.664. The Kier molecular flexibility index (Phi) is 7.79. The van der Waals surface area contributed by atoms with Crippen LogP contribution in [0.3, 0.4) is 0 Å². The van der Waals surface area contributed by atoms with Gasteiger partial charge in [0, 0.05) is 42.3 Å². The van der Waals surface area contributed by atoms with Crippen molar-refractivity contribution in [3.8, 4) is 0 Å². The van der Waals surface area contributed by atoms with Crippen molar-refractivity contribution in [1.29, 1.82) is 0 Å². The minimum absolute atomic E-state index is 0.0734. The van der Waals surface area contributed by atoms with Crippen molar-refractivity contribution in [2.45, 2.75) is 13.0 Å². The summed E-state index contributed by atoms with van der Waals surface area (Å²) in [6, 6.07) is 23.7. The van der Waals surface area contributed by atoms with Gasteiger partial charge in [0.05, 0.1) is 21.6 Å². The highest BCUT2D eigenvalue weighted by atomic mass is 32.1. The fourth-order valence-corrected chi connectivity index (χ4v) is 4.94. The average molecular weight is 551 g/mol. The van der Waals surface area contributed by atoms with Gasteiger partial charge in [0.2, 0.25) is 11.9 Å². The standard InChI is InChI=1S/C30H26N6O3S/c1-35(29(39)20-7-3-2-4-8-20)22-11-14-25-24(19-22)33-30(36(25)18-16-27(31)37)34-28(38)26-15-13-23(40-26)12-10-21-9-5-6-17-32-21/h2-15,17,19H,16,18H2,1H3,(H2,31,37)(H,33,34,38)/b12-10+. The highest BCUT2D eigenvalue weighted by Gasteiger charge is 2.19. The molecule has 3 heterocycles. The van der Waals surface area contributed by atoms with E-state index in [4.69, 9.17) is 5.73 Å². The molecule has 0 aliphatic rings. The summed E-state index contributed by atoms with van der Waals surface area (Å²) in [5.41, 5.74) is 8.70. The molecule has 0 saturated heterocycles. The van der Waals surface area contributed by atoms with E-state index in [1.165, 1.54) is 11.3 Å². The maximum absolute atomic E-state index is 13.2. The molecular weight excluding hydrogens is 524 g/mol. The number of carbonyl (C=O) groups excluding carboxylic acids is 3. The van der Waals surface area contributed by atoms with Crippen molar-refractivity contribution >= 4 is 63.9 Å². The Morgan fingerprint density at radius 2 is 1.80 bits per heavy atom. The smallest absolute Gasteiger partial charge is 0.268 e. The maximum Gasteiger partial charge on any atom is 0.268 e. The molecule has 3 aromatic heterocycles. The number of pyridine rings is 1. The van der Waals surface area contributed by atoms with E-state index in [0.717, 1.165) is 10.6 Å². The number of fused-ring (bicyclic) bond motifs is 1. The lowest BCUT2D eigenvalue weighted by molar-refractivity contribution is -0.118. The summed E-state index contributed by atoms with van der Waals surface area (Å²) in [4.78, 5) is 49.5. The normalized spacial score (nSPS) is 11.1. The van der Waals surface area contributed by atoms with Crippen LogP contribution in [0.15, 0.2) is 85.1 Å². The third kappa shape index (κ3) is 5.97. The largest absolute Gasteiger partial charge is 0.370 e. The summed E-state index contributed by atoms with van der Waals surface area (Å²) < 4.78 is 1.75. The zero-order valence-electron chi connectivity index (χ0n) is 21.7. The van der Waals surface area contributed by atoms with Crippen LogP contribution in [-0.2, 0) is 11.3 Å². The SMILES string of the molecule is CN(C(=O)c1ccccc1)c1ccc2c(c1)nc(NC(=O)c1ccc(/C=C/c3ccccn3)s1)n2CCC(N)=O. The Bertz CT molecular complexity index is 1710. The van der Waals surface area contributed by atoms with Crippen LogP contribution in [0, 0.1) is 0 Å². The van der Waals surface area contributed by atoms with Crippen molar-refractivity contribution in [1.82, 2.24) is 14.5 Å². The second kappa shape index (κ2) is 11.7. The van der Waals surface area contributed by atoms with Crippen molar-refractivity contribution in [3.63, 3.8) is 0 Å². The number of hydrogen-bond donors (Lipinski definition) is 2. The molecule has 0 bridgehead atoms. The van der Waals surface area contributed by atoms with E-state index < -0.39 is 5.91 Å². The second-order valence-corrected chi connectivity index (χ2v) is 10.1. The van der Waals surface area contributed by atoms with Crippen LogP contribution >= 0.6 is 11.3 Å². The van der Waals surface area contributed by atoms with Crippen molar-refractivity contribution in [3.05, 3.63) is 106 Å². The molecule has 10 heteroatoms. The van der Waals surface area contributed by atoms with Gasteiger partial charge in [-0.05, 0) is 66.7 Å². The molecule has 3 N–H and O–H groups in total. The van der Waals surface area contributed by atoms with E-state index in [9.17, 15) is 14.4 Å². The van der Waals surface area contributed by atoms with E-state index in [-0.39, 0.29) is 30.7 Å². The van der Waals surface area contributed by atoms with Gasteiger partial charge in [-0.25, -0.2) is 4.98 Å². The molecule has 0 spiro atoms. The predicted octanol–water partition coefficient (Wildman–Crippen LogP) is 5.07. The second-order valence-electron chi connectivity index (χ2n) is 8.95. The quantitative estimate of drug-likeness (QED) is 0.265. The summed E-state index contributed by atoms with van der Waals surface area (Å²) in [6.45, 7) is 0.238. The summed E-state index contributed by atoms with van der Waals surface area (Å²) in [6.07, 6.45) is 5.58. The van der Waals surface area contributed by atoms with Crippen molar-refractivity contribution in [2.75, 3.05) is 17.3 Å². The number of nitrogens with zero attached hydrogens (tertiary/aromatic N) is 4. The van der Waals surface area contributed by atoms with E-state index >= 15 is 0 Å². The van der Waals surface area contributed by atoms with Crippen LogP contribution in [0.5, 0.6) is 0 Å². The van der Waals surface area contributed by atoms with Crippen molar-refractivity contribution in [2.24, 2.45) is 5.73 Å². The monoisotopic (exact) mass is 550 g/mol. The number of amides is 3. The van der Waals surface area contributed by atoms with Gasteiger partial charge in [0.25, 0.3) is 11.8 Å². The topological polar surface area (TPSA) is 123 Å². The fraction of sp³-hybridized carbons (Fsp3) is 0.100. The van der Waals surface area contributed by atoms with E-state index in [2.05, 4.69) is 15.3 Å². The predicted molar refractivity (Wildman–Crippen MR) is 158 cm³/mol. The summed E-state index contributed by atoms with van der Waals surface area (Å²) >= 11 is 1.34. The molecule has 0 radical (unpaired) electrons. The van der Waals surface area contributed by atoms with Crippen LogP contribution in [0.1, 0.15) is 37.0 Å². The van der Waals surface area contributed by atoms with E-state index in [1.54, 1.807) is 53.0 Å². The third-order valence-corrected chi connectivity index (χ3v) is 7.26. The number of imidazole rings is 1. The Labute approximate surface area is 234 Å². The fourth-order valence-electron chi connectivity index (χ4n) is 4.13.